The van der Waals surface area contributed by atoms with Crippen LogP contribution < -0.4 is 5.32 Å². The van der Waals surface area contributed by atoms with Gasteiger partial charge in [-0.15, -0.1) is 0 Å². The van der Waals surface area contributed by atoms with Crippen molar-refractivity contribution >= 4 is 11.6 Å². The van der Waals surface area contributed by atoms with E-state index in [0.29, 0.717) is 6.42 Å². The van der Waals surface area contributed by atoms with Crippen molar-refractivity contribution in [1.82, 2.24) is 0 Å². The molecule has 0 saturated carbocycles. The first-order chi connectivity index (χ1) is 9.78. The summed E-state index contributed by atoms with van der Waals surface area (Å²) < 4.78 is 0. The molecule has 104 valence electrons. The molecule has 2 aromatic carbocycles. The molecule has 0 heterocycles. The Bertz CT molecular complexity index is 552. The van der Waals surface area contributed by atoms with Crippen LogP contribution in [0, 0.1) is 0 Å². The van der Waals surface area contributed by atoms with Crippen molar-refractivity contribution in [2.75, 3.05) is 11.9 Å². The monoisotopic (exact) mass is 269 g/mol. The standard InChI is InChI=1S/C17H19NO2/c19-11-5-9-14-8-4-10-16(12-14)18-17(20)13-15-6-2-1-3-7-15/h1-4,6-8,10,12,19H,5,9,11,13H2,(H,18,20). The van der Waals surface area contributed by atoms with Gasteiger partial charge in [-0.2, -0.15) is 0 Å². The van der Waals surface area contributed by atoms with Crippen LogP contribution in [0.5, 0.6) is 0 Å². The number of carbonyl (C=O) groups is 1. The van der Waals surface area contributed by atoms with E-state index in [1.54, 1.807) is 0 Å². The topological polar surface area (TPSA) is 49.3 Å². The number of nitrogens with one attached hydrogen (secondary N) is 1. The van der Waals surface area contributed by atoms with Crippen molar-refractivity contribution in [3.63, 3.8) is 0 Å². The van der Waals surface area contributed by atoms with Gasteiger partial charge in [-0.05, 0) is 36.1 Å². The van der Waals surface area contributed by atoms with Crippen LogP contribution in [0.4, 0.5) is 5.69 Å². The van der Waals surface area contributed by atoms with E-state index in [1.165, 1.54) is 0 Å². The Morgan fingerprint density at radius 3 is 2.50 bits per heavy atom. The number of amides is 1. The lowest BCUT2D eigenvalue weighted by molar-refractivity contribution is -0.115. The van der Waals surface area contributed by atoms with Gasteiger partial charge in [0.15, 0.2) is 0 Å². The Labute approximate surface area is 119 Å². The molecule has 0 unspecified atom stereocenters. The van der Waals surface area contributed by atoms with Crippen LogP contribution in [-0.2, 0) is 17.6 Å². The Kier molecular flexibility index (Phi) is 5.33. The highest BCUT2D eigenvalue weighted by molar-refractivity contribution is 5.92. The first-order valence-electron chi connectivity index (χ1n) is 6.81. The van der Waals surface area contributed by atoms with Crippen molar-refractivity contribution in [3.05, 3.63) is 65.7 Å². The molecule has 0 aliphatic heterocycles. The third kappa shape index (κ3) is 4.52. The van der Waals surface area contributed by atoms with Gasteiger partial charge < -0.3 is 10.4 Å². The lowest BCUT2D eigenvalue weighted by Gasteiger charge is -2.07. The molecule has 3 nitrogen and oxygen atoms in total. The number of anilines is 1. The van der Waals surface area contributed by atoms with E-state index in [1.807, 2.05) is 54.6 Å². The van der Waals surface area contributed by atoms with Crippen LogP contribution in [0.2, 0.25) is 0 Å². The number of aryl methyl sites for hydroxylation is 1. The lowest BCUT2D eigenvalue weighted by Crippen LogP contribution is -2.14. The zero-order valence-corrected chi connectivity index (χ0v) is 11.4. The summed E-state index contributed by atoms with van der Waals surface area (Å²) >= 11 is 0. The number of rotatable bonds is 6. The molecule has 0 bridgehead atoms. The van der Waals surface area contributed by atoms with E-state index in [4.69, 9.17) is 5.11 Å². The van der Waals surface area contributed by atoms with Crippen LogP contribution >= 0.6 is 0 Å². The van der Waals surface area contributed by atoms with Crippen LogP contribution in [0.25, 0.3) is 0 Å². The summed E-state index contributed by atoms with van der Waals surface area (Å²) in [4.78, 5) is 12.0. The maximum absolute atomic E-state index is 12.0. The molecule has 0 fully saturated rings. The van der Waals surface area contributed by atoms with Crippen molar-refractivity contribution in [3.8, 4) is 0 Å². The maximum Gasteiger partial charge on any atom is 0.228 e. The van der Waals surface area contributed by atoms with Crippen LogP contribution in [-0.4, -0.2) is 17.6 Å². The smallest absolute Gasteiger partial charge is 0.228 e. The summed E-state index contributed by atoms with van der Waals surface area (Å²) in [6.07, 6.45) is 1.93. The van der Waals surface area contributed by atoms with Gasteiger partial charge in [0.2, 0.25) is 5.91 Å². The lowest BCUT2D eigenvalue weighted by atomic mass is 10.1. The molecule has 20 heavy (non-hydrogen) atoms. The molecule has 0 aromatic heterocycles. The minimum Gasteiger partial charge on any atom is -0.396 e. The minimum atomic E-state index is -0.0180. The number of hydrogen-bond donors (Lipinski definition) is 2. The molecule has 0 atom stereocenters. The van der Waals surface area contributed by atoms with Crippen molar-refractivity contribution in [2.45, 2.75) is 19.3 Å². The molecule has 0 aliphatic rings. The predicted molar refractivity (Wildman–Crippen MR) is 80.6 cm³/mol. The van der Waals surface area contributed by atoms with E-state index in [9.17, 15) is 4.79 Å². The fourth-order valence-corrected chi connectivity index (χ4v) is 2.07. The second-order valence-corrected chi connectivity index (χ2v) is 4.74. The van der Waals surface area contributed by atoms with Crippen LogP contribution in [0.15, 0.2) is 54.6 Å². The third-order valence-corrected chi connectivity index (χ3v) is 3.04. The number of hydrogen-bond acceptors (Lipinski definition) is 2. The van der Waals surface area contributed by atoms with E-state index in [2.05, 4.69) is 5.32 Å². The summed E-state index contributed by atoms with van der Waals surface area (Å²) in [5.74, 6) is -0.0180. The number of benzene rings is 2. The fourth-order valence-electron chi connectivity index (χ4n) is 2.07. The summed E-state index contributed by atoms with van der Waals surface area (Å²) in [5, 5.41) is 11.7. The highest BCUT2D eigenvalue weighted by Crippen LogP contribution is 2.13. The van der Waals surface area contributed by atoms with Gasteiger partial charge in [0.05, 0.1) is 6.42 Å². The molecule has 2 rings (SSSR count). The van der Waals surface area contributed by atoms with Crippen molar-refractivity contribution in [1.29, 1.82) is 0 Å². The van der Waals surface area contributed by atoms with Crippen LogP contribution in [0.3, 0.4) is 0 Å². The van der Waals surface area contributed by atoms with Crippen LogP contribution in [0.1, 0.15) is 17.5 Å². The molecule has 3 heteroatoms. The highest BCUT2D eigenvalue weighted by atomic mass is 16.2. The Morgan fingerprint density at radius 1 is 1.00 bits per heavy atom. The van der Waals surface area contributed by atoms with E-state index in [-0.39, 0.29) is 12.5 Å². The van der Waals surface area contributed by atoms with Gasteiger partial charge in [0.1, 0.15) is 0 Å². The number of aliphatic hydroxyl groups excluding tert-OH is 1. The predicted octanol–water partition coefficient (Wildman–Crippen LogP) is 2.79. The largest absolute Gasteiger partial charge is 0.396 e. The molecule has 0 aliphatic carbocycles. The van der Waals surface area contributed by atoms with Gasteiger partial charge in [0, 0.05) is 12.3 Å². The van der Waals surface area contributed by atoms with E-state index < -0.39 is 0 Å². The molecule has 0 saturated heterocycles. The summed E-state index contributed by atoms with van der Waals surface area (Å²) in [6, 6.07) is 17.4. The van der Waals surface area contributed by atoms with Gasteiger partial charge in [0.25, 0.3) is 0 Å². The number of carbonyl (C=O) groups excluding carboxylic acids is 1. The van der Waals surface area contributed by atoms with Gasteiger partial charge in [-0.25, -0.2) is 0 Å². The average molecular weight is 269 g/mol. The van der Waals surface area contributed by atoms with Gasteiger partial charge in [-0.1, -0.05) is 42.5 Å². The summed E-state index contributed by atoms with van der Waals surface area (Å²) in [5.41, 5.74) is 2.93. The quantitative estimate of drug-likeness (QED) is 0.847. The minimum absolute atomic E-state index is 0.0180. The zero-order valence-electron chi connectivity index (χ0n) is 11.4. The van der Waals surface area contributed by atoms with Crippen molar-refractivity contribution < 1.29 is 9.90 Å². The Balaban J connectivity index is 1.94. The molecule has 2 aromatic rings. The molecular formula is C17H19NO2. The summed E-state index contributed by atoms with van der Waals surface area (Å²) in [7, 11) is 0. The maximum atomic E-state index is 12.0. The molecular weight excluding hydrogens is 250 g/mol. The second-order valence-electron chi connectivity index (χ2n) is 4.74. The first kappa shape index (κ1) is 14.3. The summed E-state index contributed by atoms with van der Waals surface area (Å²) in [6.45, 7) is 0.185. The van der Waals surface area contributed by atoms with E-state index >= 15 is 0 Å². The Morgan fingerprint density at radius 2 is 1.75 bits per heavy atom. The first-order valence-corrected chi connectivity index (χ1v) is 6.81. The van der Waals surface area contributed by atoms with Gasteiger partial charge >= 0.3 is 0 Å². The SMILES string of the molecule is O=C(Cc1ccccc1)Nc1cccc(CCCO)c1. The third-order valence-electron chi connectivity index (χ3n) is 3.04. The zero-order chi connectivity index (χ0) is 14.2. The molecule has 0 radical (unpaired) electrons. The highest BCUT2D eigenvalue weighted by Gasteiger charge is 2.04. The van der Waals surface area contributed by atoms with Crippen molar-refractivity contribution in [2.24, 2.45) is 0 Å². The fraction of sp³-hybridized carbons (Fsp3) is 0.235. The van der Waals surface area contributed by atoms with E-state index in [0.717, 1.165) is 29.7 Å². The van der Waals surface area contributed by atoms with Gasteiger partial charge in [-0.3, -0.25) is 4.79 Å². The number of aliphatic hydroxyl groups is 1. The normalized spacial score (nSPS) is 10.2. The average Bonchev–Trinajstić information content (AvgIpc) is 2.46. The Hall–Kier alpha value is -2.13. The molecule has 0 spiro atoms. The second kappa shape index (κ2) is 7.46. The molecule has 1 amide bonds. The molecule has 2 N–H and O–H groups in total.